The SMILES string of the molecule is Nc1c(NCc2ccon2)ccc2cnccc12. The van der Waals surface area contributed by atoms with Crippen molar-refractivity contribution in [3.63, 3.8) is 0 Å². The van der Waals surface area contributed by atoms with Gasteiger partial charge in [-0.05, 0) is 12.1 Å². The largest absolute Gasteiger partial charge is 0.397 e. The number of nitrogens with one attached hydrogen (secondary N) is 1. The van der Waals surface area contributed by atoms with Crippen LogP contribution in [0.5, 0.6) is 0 Å². The van der Waals surface area contributed by atoms with Gasteiger partial charge in [-0.3, -0.25) is 4.98 Å². The van der Waals surface area contributed by atoms with Gasteiger partial charge in [-0.2, -0.15) is 0 Å². The number of rotatable bonds is 3. The fourth-order valence-corrected chi connectivity index (χ4v) is 1.86. The molecule has 0 aliphatic carbocycles. The Balaban J connectivity index is 1.90. The highest BCUT2D eigenvalue weighted by molar-refractivity contribution is 5.98. The van der Waals surface area contributed by atoms with Crippen LogP contribution in [0.15, 0.2) is 47.4 Å². The first-order chi connectivity index (χ1) is 8.84. The maximum Gasteiger partial charge on any atom is 0.124 e. The van der Waals surface area contributed by atoms with Crippen molar-refractivity contribution in [1.29, 1.82) is 0 Å². The van der Waals surface area contributed by atoms with Gasteiger partial charge in [-0.25, -0.2) is 0 Å². The summed E-state index contributed by atoms with van der Waals surface area (Å²) in [6.45, 7) is 0.581. The van der Waals surface area contributed by atoms with Crippen LogP contribution in [0.25, 0.3) is 10.8 Å². The van der Waals surface area contributed by atoms with Crippen molar-refractivity contribution in [2.75, 3.05) is 11.1 Å². The molecule has 1 aromatic carbocycles. The Morgan fingerprint density at radius 3 is 3.00 bits per heavy atom. The molecule has 3 rings (SSSR count). The second-order valence-corrected chi connectivity index (χ2v) is 3.97. The standard InChI is InChI=1S/C13H12N4O/c14-13-11-3-5-15-7-9(11)1-2-12(13)16-8-10-4-6-18-17-10/h1-7,16H,8,14H2. The second kappa shape index (κ2) is 4.37. The fraction of sp³-hybridized carbons (Fsp3) is 0.0769. The van der Waals surface area contributed by atoms with Gasteiger partial charge in [-0.1, -0.05) is 11.2 Å². The van der Waals surface area contributed by atoms with Crippen LogP contribution in [0, 0.1) is 0 Å². The molecule has 18 heavy (non-hydrogen) atoms. The van der Waals surface area contributed by atoms with E-state index in [4.69, 9.17) is 10.3 Å². The molecule has 2 heterocycles. The Morgan fingerprint density at radius 1 is 1.22 bits per heavy atom. The van der Waals surface area contributed by atoms with E-state index < -0.39 is 0 Å². The molecule has 2 aromatic heterocycles. The molecule has 5 heteroatoms. The number of benzene rings is 1. The van der Waals surface area contributed by atoms with Crippen molar-refractivity contribution >= 4 is 22.1 Å². The lowest BCUT2D eigenvalue weighted by atomic mass is 10.1. The molecular formula is C13H12N4O. The molecule has 0 saturated heterocycles. The molecule has 5 nitrogen and oxygen atoms in total. The van der Waals surface area contributed by atoms with E-state index in [-0.39, 0.29) is 0 Å². The van der Waals surface area contributed by atoms with Gasteiger partial charge in [0.2, 0.25) is 0 Å². The molecule has 0 aliphatic heterocycles. The zero-order chi connectivity index (χ0) is 12.4. The highest BCUT2D eigenvalue weighted by Gasteiger charge is 2.04. The Hall–Kier alpha value is -2.56. The third kappa shape index (κ3) is 1.86. The van der Waals surface area contributed by atoms with Gasteiger partial charge in [0.15, 0.2) is 0 Å². The van der Waals surface area contributed by atoms with Crippen molar-refractivity contribution in [1.82, 2.24) is 10.1 Å². The molecule has 0 fully saturated rings. The lowest BCUT2D eigenvalue weighted by Crippen LogP contribution is -2.03. The van der Waals surface area contributed by atoms with Crippen molar-refractivity contribution in [2.45, 2.75) is 6.54 Å². The third-order valence-corrected chi connectivity index (χ3v) is 2.81. The van der Waals surface area contributed by atoms with Gasteiger partial charge in [0.05, 0.1) is 17.9 Å². The van der Waals surface area contributed by atoms with Crippen LogP contribution in [0.3, 0.4) is 0 Å². The fourth-order valence-electron chi connectivity index (χ4n) is 1.86. The summed E-state index contributed by atoms with van der Waals surface area (Å²) in [6, 6.07) is 7.66. The Bertz CT molecular complexity index is 664. The molecule has 0 aliphatic rings. The Labute approximate surface area is 104 Å². The summed E-state index contributed by atoms with van der Waals surface area (Å²) >= 11 is 0. The van der Waals surface area contributed by atoms with Gasteiger partial charge in [0, 0.05) is 29.2 Å². The lowest BCUT2D eigenvalue weighted by Gasteiger charge is -2.10. The van der Waals surface area contributed by atoms with Crippen molar-refractivity contribution in [2.24, 2.45) is 0 Å². The molecule has 0 bridgehead atoms. The Morgan fingerprint density at radius 2 is 2.17 bits per heavy atom. The van der Waals surface area contributed by atoms with Crippen molar-refractivity contribution < 1.29 is 4.52 Å². The minimum atomic E-state index is 0.581. The molecule has 0 unspecified atom stereocenters. The summed E-state index contributed by atoms with van der Waals surface area (Å²) in [5.41, 5.74) is 8.57. The summed E-state index contributed by atoms with van der Waals surface area (Å²) in [5.74, 6) is 0. The summed E-state index contributed by atoms with van der Waals surface area (Å²) in [5, 5.41) is 9.10. The van der Waals surface area contributed by atoms with Crippen LogP contribution in [0.4, 0.5) is 11.4 Å². The van der Waals surface area contributed by atoms with Crippen LogP contribution in [-0.4, -0.2) is 10.1 Å². The van der Waals surface area contributed by atoms with Crippen LogP contribution >= 0.6 is 0 Å². The smallest absolute Gasteiger partial charge is 0.124 e. The number of pyridine rings is 1. The summed E-state index contributed by atoms with van der Waals surface area (Å²) < 4.78 is 4.77. The van der Waals surface area contributed by atoms with Gasteiger partial charge >= 0.3 is 0 Å². The van der Waals surface area contributed by atoms with Crippen LogP contribution in [-0.2, 0) is 6.54 Å². The van der Waals surface area contributed by atoms with Gasteiger partial charge < -0.3 is 15.6 Å². The average molecular weight is 240 g/mol. The molecule has 0 radical (unpaired) electrons. The molecule has 3 N–H and O–H groups in total. The van der Waals surface area contributed by atoms with E-state index >= 15 is 0 Å². The first-order valence-corrected chi connectivity index (χ1v) is 5.60. The minimum Gasteiger partial charge on any atom is -0.397 e. The highest BCUT2D eigenvalue weighted by atomic mass is 16.5. The van der Waals surface area contributed by atoms with Gasteiger partial charge in [0.25, 0.3) is 0 Å². The molecule has 3 aromatic rings. The van der Waals surface area contributed by atoms with E-state index in [1.165, 1.54) is 0 Å². The number of nitrogens with two attached hydrogens (primary N) is 1. The zero-order valence-electron chi connectivity index (χ0n) is 9.63. The maximum absolute atomic E-state index is 6.12. The minimum absolute atomic E-state index is 0.581. The summed E-state index contributed by atoms with van der Waals surface area (Å²) in [7, 11) is 0. The zero-order valence-corrected chi connectivity index (χ0v) is 9.63. The normalized spacial score (nSPS) is 10.7. The number of hydrogen-bond donors (Lipinski definition) is 2. The van der Waals surface area contributed by atoms with E-state index in [2.05, 4.69) is 15.5 Å². The van der Waals surface area contributed by atoms with Crippen LogP contribution < -0.4 is 11.1 Å². The van der Waals surface area contributed by atoms with Crippen LogP contribution in [0.2, 0.25) is 0 Å². The molecule has 0 spiro atoms. The monoisotopic (exact) mass is 240 g/mol. The number of aromatic nitrogens is 2. The highest BCUT2D eigenvalue weighted by Crippen LogP contribution is 2.28. The predicted molar refractivity (Wildman–Crippen MR) is 70.0 cm³/mol. The topological polar surface area (TPSA) is 77.0 Å². The lowest BCUT2D eigenvalue weighted by molar-refractivity contribution is 0.412. The molecule has 0 saturated carbocycles. The summed E-state index contributed by atoms with van der Waals surface area (Å²) in [6.07, 6.45) is 5.08. The summed E-state index contributed by atoms with van der Waals surface area (Å²) in [4.78, 5) is 4.07. The average Bonchev–Trinajstić information content (AvgIpc) is 2.91. The van der Waals surface area contributed by atoms with Crippen molar-refractivity contribution in [3.05, 3.63) is 48.6 Å². The number of anilines is 2. The van der Waals surface area contributed by atoms with E-state index in [9.17, 15) is 0 Å². The second-order valence-electron chi connectivity index (χ2n) is 3.97. The van der Waals surface area contributed by atoms with Gasteiger partial charge in [-0.15, -0.1) is 0 Å². The maximum atomic E-state index is 6.12. The quantitative estimate of drug-likeness (QED) is 0.687. The Kier molecular flexibility index (Phi) is 2.57. The molecule has 0 amide bonds. The van der Waals surface area contributed by atoms with Crippen LogP contribution in [0.1, 0.15) is 5.69 Å². The number of fused-ring (bicyclic) bond motifs is 1. The first-order valence-electron chi connectivity index (χ1n) is 5.60. The first kappa shape index (κ1) is 10.6. The molecular weight excluding hydrogens is 228 g/mol. The molecule has 0 atom stereocenters. The number of nitrogen functional groups attached to an aromatic ring is 1. The van der Waals surface area contributed by atoms with Gasteiger partial charge in [0.1, 0.15) is 12.0 Å². The van der Waals surface area contributed by atoms with E-state index in [1.807, 2.05) is 24.3 Å². The van der Waals surface area contributed by atoms with E-state index in [1.54, 1.807) is 18.7 Å². The predicted octanol–water partition coefficient (Wildman–Crippen LogP) is 2.42. The molecule has 90 valence electrons. The number of nitrogens with zero attached hydrogens (tertiary/aromatic N) is 2. The number of hydrogen-bond acceptors (Lipinski definition) is 5. The van der Waals surface area contributed by atoms with E-state index in [0.717, 1.165) is 27.8 Å². The van der Waals surface area contributed by atoms with Crippen molar-refractivity contribution in [3.8, 4) is 0 Å². The van der Waals surface area contributed by atoms with E-state index in [0.29, 0.717) is 6.54 Å². The third-order valence-electron chi connectivity index (χ3n) is 2.81.